The van der Waals surface area contributed by atoms with Crippen LogP contribution in [0.15, 0.2) is 18.2 Å². The molecule has 0 radical (unpaired) electrons. The number of benzene rings is 1. The van der Waals surface area contributed by atoms with E-state index >= 15 is 0 Å². The molecule has 120 valence electrons. The number of amides is 1. The van der Waals surface area contributed by atoms with Crippen molar-refractivity contribution in [3.63, 3.8) is 0 Å². The third kappa shape index (κ3) is 3.34. The smallest absolute Gasteiger partial charge is 0.207 e. The average molecular weight is 306 g/mol. The molecule has 1 amide bonds. The summed E-state index contributed by atoms with van der Waals surface area (Å²) in [5.41, 5.74) is 0.725. The number of fused-ring (bicyclic) bond motifs is 1. The van der Waals surface area contributed by atoms with Gasteiger partial charge in [0.25, 0.3) is 0 Å². The van der Waals surface area contributed by atoms with E-state index in [2.05, 4.69) is 10.2 Å². The van der Waals surface area contributed by atoms with E-state index in [4.69, 9.17) is 9.47 Å². The van der Waals surface area contributed by atoms with Crippen molar-refractivity contribution in [3.05, 3.63) is 23.8 Å². The highest BCUT2D eigenvalue weighted by molar-refractivity contribution is 5.48. The highest BCUT2D eigenvalue weighted by Gasteiger charge is 2.26. The number of nitrogens with zero attached hydrogens (tertiary/aromatic N) is 1. The van der Waals surface area contributed by atoms with Crippen LogP contribution in [0, 0.1) is 0 Å². The maximum absolute atomic E-state index is 10.9. The van der Waals surface area contributed by atoms with Gasteiger partial charge in [-0.3, -0.25) is 4.79 Å². The lowest BCUT2D eigenvalue weighted by Crippen LogP contribution is -2.43. The molecule has 2 atom stereocenters. The summed E-state index contributed by atoms with van der Waals surface area (Å²) in [6.45, 7) is 3.74. The molecule has 2 heterocycles. The van der Waals surface area contributed by atoms with Crippen molar-refractivity contribution in [2.24, 2.45) is 0 Å². The molecule has 3 rings (SSSR count). The molecule has 6 heteroatoms. The number of hydrogen-bond acceptors (Lipinski definition) is 5. The minimum atomic E-state index is -0.776. The Balaban J connectivity index is 1.73. The second-order valence-corrected chi connectivity index (χ2v) is 5.75. The van der Waals surface area contributed by atoms with E-state index in [1.54, 1.807) is 12.1 Å². The Hall–Kier alpha value is -1.79. The zero-order chi connectivity index (χ0) is 15.4. The van der Waals surface area contributed by atoms with E-state index < -0.39 is 6.10 Å². The Kier molecular flexibility index (Phi) is 4.80. The Morgan fingerprint density at radius 3 is 2.68 bits per heavy atom. The number of carbonyl (C=O) groups excluding carboxylic acids is 1. The topological polar surface area (TPSA) is 71.0 Å². The Morgan fingerprint density at radius 2 is 1.95 bits per heavy atom. The van der Waals surface area contributed by atoms with Crippen LogP contribution in [0.25, 0.3) is 0 Å². The zero-order valence-corrected chi connectivity index (χ0v) is 12.5. The third-order valence-corrected chi connectivity index (χ3v) is 4.22. The maximum atomic E-state index is 10.9. The second kappa shape index (κ2) is 6.98. The Labute approximate surface area is 130 Å². The molecule has 2 aliphatic rings. The second-order valence-electron chi connectivity index (χ2n) is 5.75. The SMILES string of the molecule is O=CN[C@@H](CN1CCCC1)[C@@H](O)c1ccc2c(c1)OCCO2. The molecular formula is C16H22N2O4. The van der Waals surface area contributed by atoms with Gasteiger partial charge in [0.05, 0.1) is 6.04 Å². The van der Waals surface area contributed by atoms with Gasteiger partial charge in [0.2, 0.25) is 6.41 Å². The van der Waals surface area contributed by atoms with Crippen LogP contribution in [0.3, 0.4) is 0 Å². The van der Waals surface area contributed by atoms with Gasteiger partial charge >= 0.3 is 0 Å². The summed E-state index contributed by atoms with van der Waals surface area (Å²) in [5, 5.41) is 13.4. The van der Waals surface area contributed by atoms with Crippen LogP contribution in [-0.4, -0.2) is 55.3 Å². The molecule has 1 fully saturated rings. The van der Waals surface area contributed by atoms with Gasteiger partial charge < -0.3 is 24.8 Å². The summed E-state index contributed by atoms with van der Waals surface area (Å²) in [4.78, 5) is 13.1. The number of hydrogen-bond donors (Lipinski definition) is 2. The molecule has 1 saturated heterocycles. The van der Waals surface area contributed by atoms with E-state index in [0.29, 0.717) is 37.7 Å². The van der Waals surface area contributed by atoms with Gasteiger partial charge in [-0.15, -0.1) is 0 Å². The average Bonchev–Trinajstić information content (AvgIpc) is 3.06. The highest BCUT2D eigenvalue weighted by atomic mass is 16.6. The number of aliphatic hydroxyl groups excluding tert-OH is 1. The third-order valence-electron chi connectivity index (χ3n) is 4.22. The van der Waals surface area contributed by atoms with E-state index in [9.17, 15) is 9.90 Å². The van der Waals surface area contributed by atoms with Crippen molar-refractivity contribution < 1.29 is 19.4 Å². The molecule has 1 aromatic rings. The van der Waals surface area contributed by atoms with Crippen LogP contribution >= 0.6 is 0 Å². The van der Waals surface area contributed by atoms with Crippen molar-refractivity contribution in [1.82, 2.24) is 10.2 Å². The van der Waals surface area contributed by atoms with Crippen molar-refractivity contribution in [3.8, 4) is 11.5 Å². The largest absolute Gasteiger partial charge is 0.486 e. The number of likely N-dealkylation sites (tertiary alicyclic amines) is 1. The molecule has 1 aromatic carbocycles. The van der Waals surface area contributed by atoms with Crippen LogP contribution in [-0.2, 0) is 4.79 Å². The fourth-order valence-electron chi connectivity index (χ4n) is 3.05. The first-order chi connectivity index (χ1) is 10.8. The van der Waals surface area contributed by atoms with Gasteiger partial charge in [-0.05, 0) is 43.6 Å². The van der Waals surface area contributed by atoms with Crippen molar-refractivity contribution in [2.45, 2.75) is 25.0 Å². The minimum Gasteiger partial charge on any atom is -0.486 e. The van der Waals surface area contributed by atoms with E-state index in [-0.39, 0.29) is 6.04 Å². The fraction of sp³-hybridized carbons (Fsp3) is 0.562. The molecule has 0 unspecified atom stereocenters. The molecule has 2 N–H and O–H groups in total. The number of ether oxygens (including phenoxy) is 2. The molecule has 0 saturated carbocycles. The lowest BCUT2D eigenvalue weighted by Gasteiger charge is -2.28. The molecule has 0 spiro atoms. The van der Waals surface area contributed by atoms with E-state index in [1.807, 2.05) is 6.07 Å². The zero-order valence-electron chi connectivity index (χ0n) is 12.5. The quantitative estimate of drug-likeness (QED) is 0.757. The molecule has 22 heavy (non-hydrogen) atoms. The monoisotopic (exact) mass is 306 g/mol. The Bertz CT molecular complexity index is 517. The van der Waals surface area contributed by atoms with Crippen LogP contribution in [0.1, 0.15) is 24.5 Å². The van der Waals surface area contributed by atoms with Crippen molar-refractivity contribution >= 4 is 6.41 Å². The standard InChI is InChI=1S/C16H22N2O4/c19-11-17-13(10-18-5-1-2-6-18)16(20)12-3-4-14-15(9-12)22-8-7-21-14/h3-4,9,11,13,16,20H,1-2,5-8,10H2,(H,17,19)/t13-,16-/m0/s1. The van der Waals surface area contributed by atoms with Gasteiger partial charge in [-0.1, -0.05) is 6.07 Å². The fourth-order valence-corrected chi connectivity index (χ4v) is 3.05. The normalized spacial score (nSPS) is 20.4. The van der Waals surface area contributed by atoms with Gasteiger partial charge in [-0.2, -0.15) is 0 Å². The number of carbonyl (C=O) groups is 1. The Morgan fingerprint density at radius 1 is 1.23 bits per heavy atom. The summed E-state index contributed by atoms with van der Waals surface area (Å²) in [5.74, 6) is 1.34. The first-order valence-electron chi connectivity index (χ1n) is 7.77. The summed E-state index contributed by atoms with van der Waals surface area (Å²) in [6.07, 6.45) is 2.23. The van der Waals surface area contributed by atoms with Crippen molar-refractivity contribution in [1.29, 1.82) is 0 Å². The lowest BCUT2D eigenvalue weighted by molar-refractivity contribution is -0.111. The van der Waals surface area contributed by atoms with E-state index in [1.165, 1.54) is 12.8 Å². The summed E-state index contributed by atoms with van der Waals surface area (Å²) >= 11 is 0. The number of nitrogens with one attached hydrogen (secondary N) is 1. The first-order valence-corrected chi connectivity index (χ1v) is 7.77. The summed E-state index contributed by atoms with van der Waals surface area (Å²) < 4.78 is 11.0. The van der Waals surface area contributed by atoms with Crippen LogP contribution in [0.4, 0.5) is 0 Å². The van der Waals surface area contributed by atoms with Crippen LogP contribution < -0.4 is 14.8 Å². The highest BCUT2D eigenvalue weighted by Crippen LogP contribution is 2.33. The van der Waals surface area contributed by atoms with Crippen LogP contribution in [0.2, 0.25) is 0 Å². The molecule has 0 bridgehead atoms. The molecule has 0 aliphatic carbocycles. The molecular weight excluding hydrogens is 284 g/mol. The number of aliphatic hydroxyl groups is 1. The summed E-state index contributed by atoms with van der Waals surface area (Å²) in [7, 11) is 0. The molecule has 0 aromatic heterocycles. The predicted molar refractivity (Wildman–Crippen MR) is 81.1 cm³/mol. The van der Waals surface area contributed by atoms with Gasteiger partial charge in [0.1, 0.15) is 19.3 Å². The predicted octanol–water partition coefficient (Wildman–Crippen LogP) is 0.702. The lowest BCUT2D eigenvalue weighted by atomic mass is 10.0. The van der Waals surface area contributed by atoms with Gasteiger partial charge in [-0.25, -0.2) is 0 Å². The first kappa shape index (κ1) is 15.1. The molecule has 2 aliphatic heterocycles. The maximum Gasteiger partial charge on any atom is 0.207 e. The summed E-state index contributed by atoms with van der Waals surface area (Å²) in [6, 6.07) is 5.09. The van der Waals surface area contributed by atoms with E-state index in [0.717, 1.165) is 18.7 Å². The molecule has 6 nitrogen and oxygen atoms in total. The van der Waals surface area contributed by atoms with Gasteiger partial charge in [0.15, 0.2) is 11.5 Å². The van der Waals surface area contributed by atoms with Crippen LogP contribution in [0.5, 0.6) is 11.5 Å². The van der Waals surface area contributed by atoms with Crippen molar-refractivity contribution in [2.75, 3.05) is 32.8 Å². The minimum absolute atomic E-state index is 0.335. The van der Waals surface area contributed by atoms with Gasteiger partial charge in [0, 0.05) is 6.54 Å². The number of rotatable bonds is 6.